The van der Waals surface area contributed by atoms with Gasteiger partial charge in [0.1, 0.15) is 11.9 Å². The van der Waals surface area contributed by atoms with Gasteiger partial charge in [0.05, 0.1) is 17.2 Å². The van der Waals surface area contributed by atoms with Crippen LogP contribution in [0.25, 0.3) is 66.7 Å². The van der Waals surface area contributed by atoms with E-state index in [0.717, 1.165) is 61.2 Å². The van der Waals surface area contributed by atoms with Gasteiger partial charge in [0.15, 0.2) is 0 Å². The van der Waals surface area contributed by atoms with E-state index in [-0.39, 0.29) is 36.4 Å². The SMILES string of the molecule is CC(C)(C)c1ccc(-c2[c-]cccc2)nc1.CC(C)(C)c1ccc(-c2ccc(-c3c(C#N)ccc4c3oc3c(-c5cc(C(C)(C)C)ncn5)[c-]ccc34)cc2)cc1.[Ir]. The molecule has 3 heterocycles. The summed E-state index contributed by atoms with van der Waals surface area (Å²) in [5, 5.41) is 12.0. The molecular formula is C52H48IrN4O-2. The van der Waals surface area contributed by atoms with Crippen molar-refractivity contribution in [3.63, 3.8) is 0 Å². The van der Waals surface area contributed by atoms with E-state index in [1.807, 2.05) is 60.8 Å². The van der Waals surface area contributed by atoms with Crippen LogP contribution >= 0.6 is 0 Å². The molecule has 0 amide bonds. The molecule has 0 atom stereocenters. The molecule has 5 nitrogen and oxygen atoms in total. The van der Waals surface area contributed by atoms with Crippen LogP contribution in [-0.2, 0) is 36.4 Å². The van der Waals surface area contributed by atoms with E-state index in [1.54, 1.807) is 6.33 Å². The first-order valence-electron chi connectivity index (χ1n) is 19.4. The molecule has 0 aliphatic rings. The van der Waals surface area contributed by atoms with Gasteiger partial charge in [-0.3, -0.25) is 4.98 Å². The van der Waals surface area contributed by atoms with Gasteiger partial charge < -0.3 is 9.40 Å². The minimum atomic E-state index is -0.116. The van der Waals surface area contributed by atoms with Crippen LogP contribution in [0.3, 0.4) is 0 Å². The van der Waals surface area contributed by atoms with Crippen molar-refractivity contribution in [1.82, 2.24) is 15.0 Å². The van der Waals surface area contributed by atoms with Crippen molar-refractivity contribution in [3.05, 3.63) is 162 Å². The first kappa shape index (κ1) is 41.9. The Bertz CT molecular complexity index is 2710. The Hall–Kier alpha value is -5.73. The molecule has 0 saturated heterocycles. The molecule has 6 heteroatoms. The molecule has 0 N–H and O–H groups in total. The number of benzene rings is 5. The second-order valence-corrected chi connectivity index (χ2v) is 17.6. The van der Waals surface area contributed by atoms with Crippen molar-refractivity contribution < 1.29 is 24.5 Å². The van der Waals surface area contributed by atoms with Gasteiger partial charge in [-0.05, 0) is 56.1 Å². The van der Waals surface area contributed by atoms with Crippen LogP contribution in [-0.4, -0.2) is 15.0 Å². The second kappa shape index (κ2) is 16.6. The summed E-state index contributed by atoms with van der Waals surface area (Å²) in [7, 11) is 0. The molecule has 0 aliphatic heterocycles. The van der Waals surface area contributed by atoms with Gasteiger partial charge in [0, 0.05) is 48.4 Å². The normalized spacial score (nSPS) is 11.7. The predicted molar refractivity (Wildman–Crippen MR) is 234 cm³/mol. The Morgan fingerprint density at radius 2 is 1.21 bits per heavy atom. The Morgan fingerprint density at radius 1 is 0.569 bits per heavy atom. The number of nitriles is 1. The summed E-state index contributed by atoms with van der Waals surface area (Å²) in [6.45, 7) is 19.6. The maximum atomic E-state index is 10.1. The summed E-state index contributed by atoms with van der Waals surface area (Å²) in [5.74, 6) is 0. The van der Waals surface area contributed by atoms with Crippen molar-refractivity contribution >= 4 is 21.9 Å². The third kappa shape index (κ3) is 8.87. The second-order valence-electron chi connectivity index (χ2n) is 17.6. The zero-order chi connectivity index (χ0) is 40.5. The van der Waals surface area contributed by atoms with Gasteiger partial charge in [-0.1, -0.05) is 146 Å². The van der Waals surface area contributed by atoms with E-state index in [4.69, 9.17) is 4.42 Å². The van der Waals surface area contributed by atoms with Crippen LogP contribution in [0.5, 0.6) is 0 Å². The number of nitrogens with zero attached hydrogens (tertiary/aromatic N) is 4. The summed E-state index contributed by atoms with van der Waals surface area (Å²) in [6.07, 6.45) is 3.55. The smallest absolute Gasteiger partial charge is 0.130 e. The molecule has 1 radical (unpaired) electrons. The Kier molecular flexibility index (Phi) is 12.0. The van der Waals surface area contributed by atoms with Crippen LogP contribution < -0.4 is 0 Å². The van der Waals surface area contributed by atoms with Crippen LogP contribution in [0.15, 0.2) is 132 Å². The van der Waals surface area contributed by atoms with Gasteiger partial charge in [-0.15, -0.1) is 54.1 Å². The molecule has 5 aromatic carbocycles. The average Bonchev–Trinajstić information content (AvgIpc) is 3.59. The van der Waals surface area contributed by atoms with Crippen LogP contribution in [0.1, 0.15) is 84.7 Å². The standard InChI is InChI=1S/C37H32N3O.C15H16N.Ir/c1-36(2,3)27-17-14-24(15-18-27)23-10-12-25(13-11-23)33-26(21-38)16-19-29-28-8-7-9-30(34(28)41-35(29)33)31-20-32(37(4,5)6)40-22-39-31;1-15(2,3)13-9-10-14(16-11-13)12-7-5-4-6-8-12;/h7-8,10-20,22H,1-6H3;4-7,9-11H,1-3H3;/q2*-1;. The maximum absolute atomic E-state index is 10.1. The van der Waals surface area contributed by atoms with Gasteiger partial charge in [0.25, 0.3) is 0 Å². The largest absolute Gasteiger partial charge is 0.500 e. The van der Waals surface area contributed by atoms with Crippen LogP contribution in [0, 0.1) is 23.5 Å². The van der Waals surface area contributed by atoms with Gasteiger partial charge in [0.2, 0.25) is 0 Å². The Balaban J connectivity index is 0.000000280. The molecule has 3 aromatic heterocycles. The number of hydrogen-bond acceptors (Lipinski definition) is 5. The van der Waals surface area contributed by atoms with Gasteiger partial charge in [-0.2, -0.15) is 5.26 Å². The first-order chi connectivity index (χ1) is 27.1. The molecule has 8 rings (SSSR count). The molecule has 293 valence electrons. The van der Waals surface area contributed by atoms with E-state index in [1.165, 1.54) is 11.1 Å². The number of aromatic nitrogens is 3. The fraction of sp³-hybridized carbons (Fsp3) is 0.231. The summed E-state index contributed by atoms with van der Waals surface area (Å²) < 4.78 is 6.61. The minimum Gasteiger partial charge on any atom is -0.500 e. The molecule has 0 spiro atoms. The molecule has 0 aliphatic carbocycles. The fourth-order valence-corrected chi connectivity index (χ4v) is 6.82. The van der Waals surface area contributed by atoms with Gasteiger partial charge >= 0.3 is 0 Å². The Morgan fingerprint density at radius 3 is 1.79 bits per heavy atom. The number of fused-ring (bicyclic) bond motifs is 3. The third-order valence-corrected chi connectivity index (χ3v) is 10.3. The monoisotopic (exact) mass is 937 g/mol. The molecule has 8 aromatic rings. The van der Waals surface area contributed by atoms with Crippen molar-refractivity contribution in [2.45, 2.75) is 78.6 Å². The van der Waals surface area contributed by atoms with E-state index in [0.29, 0.717) is 16.7 Å². The summed E-state index contributed by atoms with van der Waals surface area (Å²) >= 11 is 0. The van der Waals surface area contributed by atoms with E-state index in [2.05, 4.69) is 156 Å². The zero-order valence-electron chi connectivity index (χ0n) is 34.7. The summed E-state index contributed by atoms with van der Waals surface area (Å²) in [5.41, 5.74) is 13.2. The fourth-order valence-electron chi connectivity index (χ4n) is 6.82. The van der Waals surface area contributed by atoms with Crippen molar-refractivity contribution in [2.24, 2.45) is 0 Å². The quantitative estimate of drug-likeness (QED) is 0.164. The van der Waals surface area contributed by atoms with E-state index < -0.39 is 0 Å². The summed E-state index contributed by atoms with van der Waals surface area (Å²) in [4.78, 5) is 13.5. The van der Waals surface area contributed by atoms with Gasteiger partial charge in [-0.25, -0.2) is 4.98 Å². The Labute approximate surface area is 356 Å². The number of furan rings is 1. The van der Waals surface area contributed by atoms with Crippen LogP contribution in [0.4, 0.5) is 0 Å². The average molecular weight is 937 g/mol. The van der Waals surface area contributed by atoms with Crippen molar-refractivity contribution in [1.29, 1.82) is 5.26 Å². The number of rotatable bonds is 4. The molecule has 0 fully saturated rings. The predicted octanol–water partition coefficient (Wildman–Crippen LogP) is 13.5. The topological polar surface area (TPSA) is 75.6 Å². The minimum absolute atomic E-state index is 0. The third-order valence-electron chi connectivity index (χ3n) is 10.3. The first-order valence-corrected chi connectivity index (χ1v) is 19.4. The molecule has 0 unspecified atom stereocenters. The van der Waals surface area contributed by atoms with Crippen LogP contribution in [0.2, 0.25) is 0 Å². The number of pyridine rings is 1. The van der Waals surface area contributed by atoms with Crippen molar-refractivity contribution in [2.75, 3.05) is 0 Å². The van der Waals surface area contributed by atoms with E-state index in [9.17, 15) is 5.26 Å². The van der Waals surface area contributed by atoms with E-state index >= 15 is 0 Å². The number of hydrogen-bond donors (Lipinski definition) is 0. The zero-order valence-corrected chi connectivity index (χ0v) is 37.0. The molecular weight excluding hydrogens is 889 g/mol. The summed E-state index contributed by atoms with van der Waals surface area (Å²) in [6, 6.07) is 47.9. The maximum Gasteiger partial charge on any atom is 0.130 e. The molecule has 0 bridgehead atoms. The molecule has 58 heavy (non-hydrogen) atoms. The molecule has 0 saturated carbocycles. The van der Waals surface area contributed by atoms with Crippen molar-refractivity contribution in [3.8, 4) is 50.8 Å².